The summed E-state index contributed by atoms with van der Waals surface area (Å²) in [6.07, 6.45) is 2.38. The lowest BCUT2D eigenvalue weighted by atomic mass is 9.85. The minimum atomic E-state index is 0.000963. The quantitative estimate of drug-likeness (QED) is 0.517. The molecule has 2 aromatic carbocycles. The van der Waals surface area contributed by atoms with Crippen LogP contribution in [0.25, 0.3) is 0 Å². The van der Waals surface area contributed by atoms with Crippen molar-refractivity contribution in [3.63, 3.8) is 0 Å². The van der Waals surface area contributed by atoms with E-state index in [2.05, 4.69) is 46.1 Å². The lowest BCUT2D eigenvalue weighted by molar-refractivity contribution is -0.922. The molecule has 160 valence electrons. The van der Waals surface area contributed by atoms with Gasteiger partial charge in [-0.1, -0.05) is 38.1 Å². The maximum atomic E-state index is 13.3. The normalized spacial score (nSPS) is 18.9. The number of methoxy groups -OCH3 is 1. The molecule has 5 heteroatoms. The Bertz CT molecular complexity index is 947. The molecule has 0 saturated carbocycles. The molecule has 2 aromatic rings. The van der Waals surface area contributed by atoms with E-state index < -0.39 is 0 Å². The third kappa shape index (κ3) is 3.79. The highest BCUT2D eigenvalue weighted by atomic mass is 16.7. The van der Waals surface area contributed by atoms with E-state index in [4.69, 9.17) is 14.2 Å². The summed E-state index contributed by atoms with van der Waals surface area (Å²) in [5, 5.41) is 0. The van der Waals surface area contributed by atoms with Gasteiger partial charge in [0.1, 0.15) is 6.04 Å². The van der Waals surface area contributed by atoms with E-state index in [0.717, 1.165) is 46.5 Å². The van der Waals surface area contributed by atoms with Crippen LogP contribution in [0.3, 0.4) is 0 Å². The second kappa shape index (κ2) is 7.95. The summed E-state index contributed by atoms with van der Waals surface area (Å²) in [5.41, 5.74) is 4.32. The van der Waals surface area contributed by atoms with Gasteiger partial charge in [0.2, 0.25) is 12.5 Å². The number of carbonyl (C=O) groups excluding carboxylic acids is 1. The van der Waals surface area contributed by atoms with Crippen LogP contribution in [0.1, 0.15) is 53.4 Å². The van der Waals surface area contributed by atoms with Gasteiger partial charge in [-0.2, -0.15) is 0 Å². The van der Waals surface area contributed by atoms with Gasteiger partial charge in [-0.15, -0.1) is 0 Å². The second-order valence-electron chi connectivity index (χ2n) is 9.41. The van der Waals surface area contributed by atoms with Gasteiger partial charge in [0.15, 0.2) is 17.3 Å². The van der Waals surface area contributed by atoms with E-state index in [0.29, 0.717) is 18.1 Å². The third-order valence-corrected chi connectivity index (χ3v) is 6.38. The highest BCUT2D eigenvalue weighted by Gasteiger charge is 2.42. The Morgan fingerprint density at radius 2 is 1.93 bits per heavy atom. The van der Waals surface area contributed by atoms with Gasteiger partial charge in [-0.05, 0) is 29.5 Å². The van der Waals surface area contributed by atoms with Crippen LogP contribution in [-0.4, -0.2) is 44.8 Å². The van der Waals surface area contributed by atoms with Crippen LogP contribution >= 0.6 is 0 Å². The number of ketones is 1. The molecule has 0 N–H and O–H groups in total. The number of Topliss-reactive ketones (excluding diaryl/α,β-unsaturated/α-hetero) is 1. The fourth-order valence-corrected chi connectivity index (χ4v) is 4.71. The third-order valence-electron chi connectivity index (χ3n) is 6.38. The summed E-state index contributed by atoms with van der Waals surface area (Å²) < 4.78 is 17.8. The van der Waals surface area contributed by atoms with Crippen LogP contribution in [0, 0.1) is 5.92 Å². The average Bonchev–Trinajstić information content (AvgIpc) is 3.17. The Balaban J connectivity index is 1.66. The summed E-state index contributed by atoms with van der Waals surface area (Å²) in [7, 11) is 6.05. The SMILES string of the molecule is COc1c2c(cc3c1[C@H](CC(=O)c1ccc(CC(C)C)cc1)[N+](C)(C)CC3)OCO2. The van der Waals surface area contributed by atoms with Crippen LogP contribution < -0.4 is 14.2 Å². The van der Waals surface area contributed by atoms with Crippen LogP contribution in [0.5, 0.6) is 17.2 Å². The molecule has 0 fully saturated rings. The van der Waals surface area contributed by atoms with E-state index >= 15 is 0 Å². The molecule has 0 amide bonds. The summed E-state index contributed by atoms with van der Waals surface area (Å²) in [6.45, 7) is 5.58. The molecule has 2 heterocycles. The number of rotatable bonds is 6. The number of hydrogen-bond donors (Lipinski definition) is 0. The first-order valence-electron chi connectivity index (χ1n) is 10.7. The summed E-state index contributed by atoms with van der Waals surface area (Å²) in [5.74, 6) is 2.88. The van der Waals surface area contributed by atoms with Crippen molar-refractivity contribution in [2.75, 3.05) is 34.5 Å². The number of fused-ring (bicyclic) bond motifs is 2. The Kier molecular flexibility index (Phi) is 5.49. The Labute approximate surface area is 179 Å². The molecule has 0 spiro atoms. The molecule has 2 aliphatic rings. The van der Waals surface area contributed by atoms with Gasteiger partial charge in [-0.25, -0.2) is 0 Å². The van der Waals surface area contributed by atoms with Crippen molar-refractivity contribution >= 4 is 5.78 Å². The zero-order valence-corrected chi connectivity index (χ0v) is 18.7. The second-order valence-corrected chi connectivity index (χ2v) is 9.41. The molecule has 2 aliphatic heterocycles. The van der Waals surface area contributed by atoms with E-state index in [9.17, 15) is 4.79 Å². The standard InChI is InChI=1S/C25H32NO4/c1-16(2)12-17-6-8-18(9-7-17)21(27)14-20-23-19(10-11-26(20,3)4)13-22-24(25(23)28-5)30-15-29-22/h6-9,13,16,20H,10-12,14-15H2,1-5H3/q+1/t20-/m0/s1. The molecule has 0 aliphatic carbocycles. The largest absolute Gasteiger partial charge is 0.492 e. The van der Waals surface area contributed by atoms with Crippen molar-refractivity contribution in [3.05, 3.63) is 52.6 Å². The molecule has 0 aromatic heterocycles. The molecule has 0 bridgehead atoms. The van der Waals surface area contributed by atoms with Gasteiger partial charge in [0.05, 0.1) is 39.7 Å². The van der Waals surface area contributed by atoms with Gasteiger partial charge in [0.25, 0.3) is 0 Å². The smallest absolute Gasteiger partial charge is 0.231 e. The monoisotopic (exact) mass is 410 g/mol. The number of benzene rings is 2. The van der Waals surface area contributed by atoms with E-state index in [1.165, 1.54) is 11.1 Å². The fraction of sp³-hybridized carbons (Fsp3) is 0.480. The number of hydrogen-bond acceptors (Lipinski definition) is 4. The number of quaternary nitrogens is 1. The molecule has 30 heavy (non-hydrogen) atoms. The van der Waals surface area contributed by atoms with Crippen LogP contribution in [0.2, 0.25) is 0 Å². The summed E-state index contributed by atoms with van der Waals surface area (Å²) >= 11 is 0. The molecule has 0 radical (unpaired) electrons. The van der Waals surface area contributed by atoms with Crippen molar-refractivity contribution in [2.24, 2.45) is 5.92 Å². The lowest BCUT2D eigenvalue weighted by Gasteiger charge is -2.43. The number of nitrogens with zero attached hydrogens (tertiary/aromatic N) is 1. The van der Waals surface area contributed by atoms with Crippen LogP contribution in [0.15, 0.2) is 30.3 Å². The topological polar surface area (TPSA) is 44.8 Å². The van der Waals surface area contributed by atoms with E-state index in [1.807, 2.05) is 12.1 Å². The minimum absolute atomic E-state index is 0.000963. The highest BCUT2D eigenvalue weighted by Crippen LogP contribution is 2.51. The van der Waals surface area contributed by atoms with Gasteiger partial charge < -0.3 is 18.7 Å². The Hall–Kier alpha value is -2.53. The van der Waals surface area contributed by atoms with Crippen molar-refractivity contribution in [1.29, 1.82) is 0 Å². The molecule has 4 rings (SSSR count). The van der Waals surface area contributed by atoms with Crippen molar-refractivity contribution < 1.29 is 23.5 Å². The predicted octanol–water partition coefficient (Wildman–Crippen LogP) is 4.57. The number of likely N-dealkylation sites (N-methyl/N-ethyl adjacent to an activating group) is 1. The van der Waals surface area contributed by atoms with Crippen LogP contribution in [-0.2, 0) is 12.8 Å². The lowest BCUT2D eigenvalue weighted by Crippen LogP contribution is -2.48. The molecular weight excluding hydrogens is 378 g/mol. The fourth-order valence-electron chi connectivity index (χ4n) is 4.71. The van der Waals surface area contributed by atoms with E-state index in [-0.39, 0.29) is 18.6 Å². The molecular formula is C25H32NO4+. The van der Waals surface area contributed by atoms with Crippen LogP contribution in [0.4, 0.5) is 0 Å². The van der Waals surface area contributed by atoms with Gasteiger partial charge in [0, 0.05) is 12.0 Å². The first kappa shape index (κ1) is 20.7. The maximum Gasteiger partial charge on any atom is 0.231 e. The Morgan fingerprint density at radius 1 is 1.20 bits per heavy atom. The van der Waals surface area contributed by atoms with Gasteiger partial charge >= 0.3 is 0 Å². The first-order valence-corrected chi connectivity index (χ1v) is 10.7. The summed E-state index contributed by atoms with van der Waals surface area (Å²) in [4.78, 5) is 13.3. The molecule has 0 saturated heterocycles. The van der Waals surface area contributed by atoms with Crippen molar-refractivity contribution in [1.82, 2.24) is 0 Å². The number of ether oxygens (including phenoxy) is 3. The van der Waals surface area contributed by atoms with Crippen molar-refractivity contribution in [3.8, 4) is 17.2 Å². The minimum Gasteiger partial charge on any atom is -0.492 e. The predicted molar refractivity (Wildman–Crippen MR) is 116 cm³/mol. The number of carbonyl (C=O) groups is 1. The Morgan fingerprint density at radius 3 is 2.60 bits per heavy atom. The zero-order chi connectivity index (χ0) is 21.5. The maximum absolute atomic E-state index is 13.3. The average molecular weight is 411 g/mol. The first-order chi connectivity index (χ1) is 14.3. The zero-order valence-electron chi connectivity index (χ0n) is 18.7. The molecule has 0 unspecified atom stereocenters. The summed E-state index contributed by atoms with van der Waals surface area (Å²) in [6, 6.07) is 10.2. The van der Waals surface area contributed by atoms with Crippen molar-refractivity contribution in [2.45, 2.75) is 39.2 Å². The highest BCUT2D eigenvalue weighted by molar-refractivity contribution is 5.96. The molecule has 1 atom stereocenters. The molecule has 5 nitrogen and oxygen atoms in total. The van der Waals surface area contributed by atoms with Gasteiger partial charge in [-0.3, -0.25) is 4.79 Å². The van der Waals surface area contributed by atoms with E-state index in [1.54, 1.807) is 7.11 Å².